The topological polar surface area (TPSA) is 71.6 Å². The maximum Gasteiger partial charge on any atom is 0.340 e. The molecule has 0 bridgehead atoms. The lowest BCUT2D eigenvalue weighted by Crippen LogP contribution is -2.33. The molecule has 3 aliphatic rings. The molecule has 0 N–H and O–H groups in total. The van der Waals surface area contributed by atoms with E-state index in [0.717, 1.165) is 79.5 Å². The Morgan fingerprint density at radius 1 is 0.500 bits per heavy atom. The van der Waals surface area contributed by atoms with Crippen LogP contribution in [0.4, 0.5) is 28.4 Å². The lowest BCUT2D eigenvalue weighted by atomic mass is 9.77. The Morgan fingerprint density at radius 2 is 1.06 bits per heavy atom. The number of carbonyl (C=O) groups excluding carboxylic acids is 2. The van der Waals surface area contributed by atoms with Crippen LogP contribution in [0.2, 0.25) is 0 Å². The summed E-state index contributed by atoms with van der Waals surface area (Å²) in [5, 5.41) is 0. The predicted octanol–water partition coefficient (Wildman–Crippen LogP) is 11.6. The third kappa shape index (κ3) is 5.73. The molecule has 0 fully saturated rings. The van der Waals surface area contributed by atoms with Gasteiger partial charge < -0.3 is 28.9 Å². The van der Waals surface area contributed by atoms with Crippen LogP contribution in [0, 0.1) is 20.8 Å². The molecular weight excluding hydrogens is 771 g/mol. The molecule has 1 spiro atoms. The normalized spacial score (nSPS) is 17.9. The second kappa shape index (κ2) is 14.4. The van der Waals surface area contributed by atoms with Crippen LogP contribution in [-0.2, 0) is 20.7 Å². The van der Waals surface area contributed by atoms with Gasteiger partial charge in [-0.3, -0.25) is 0 Å². The van der Waals surface area contributed by atoms with Crippen molar-refractivity contribution in [1.29, 1.82) is 0 Å². The van der Waals surface area contributed by atoms with E-state index in [0.29, 0.717) is 22.6 Å². The van der Waals surface area contributed by atoms with Gasteiger partial charge in [0.1, 0.15) is 11.5 Å². The number of carbonyl (C=O) groups is 2. The molecule has 7 aromatic rings. The van der Waals surface area contributed by atoms with Gasteiger partial charge >= 0.3 is 11.9 Å². The molecule has 0 aliphatic carbocycles. The molecule has 8 nitrogen and oxygen atoms in total. The summed E-state index contributed by atoms with van der Waals surface area (Å²) in [6.07, 6.45) is 0. The van der Waals surface area contributed by atoms with Gasteiger partial charge in [-0.15, -0.1) is 0 Å². The van der Waals surface area contributed by atoms with Gasteiger partial charge in [0.15, 0.2) is 11.2 Å². The number of aryl methyl sites for hydroxylation is 3. The zero-order chi connectivity index (χ0) is 43.1. The molecule has 3 heterocycles. The second-order valence-corrected chi connectivity index (χ2v) is 16.7. The van der Waals surface area contributed by atoms with Crippen molar-refractivity contribution in [3.8, 4) is 11.5 Å². The molecule has 0 radical (unpaired) electrons. The van der Waals surface area contributed by atoms with Crippen molar-refractivity contribution in [1.82, 2.24) is 0 Å². The van der Waals surface area contributed by atoms with Crippen LogP contribution in [0.15, 0.2) is 146 Å². The summed E-state index contributed by atoms with van der Waals surface area (Å²) in [5.41, 5.74) is 11.7. The Kier molecular flexibility index (Phi) is 9.03. The molecule has 0 amide bonds. The molecule has 62 heavy (non-hydrogen) atoms. The third-order valence-corrected chi connectivity index (χ3v) is 12.9. The van der Waals surface area contributed by atoms with Gasteiger partial charge in [-0.1, -0.05) is 72.3 Å². The maximum atomic E-state index is 13.8. The lowest BCUT2D eigenvalue weighted by molar-refractivity contribution is 0.0221. The fourth-order valence-electron chi connectivity index (χ4n) is 9.73. The van der Waals surface area contributed by atoms with Crippen molar-refractivity contribution in [2.75, 3.05) is 42.4 Å². The van der Waals surface area contributed by atoms with E-state index in [9.17, 15) is 9.59 Å². The maximum absolute atomic E-state index is 13.8. The van der Waals surface area contributed by atoms with Crippen molar-refractivity contribution in [2.45, 2.75) is 38.9 Å². The average Bonchev–Trinajstić information content (AvgIpc) is 3.75. The van der Waals surface area contributed by atoms with Crippen molar-refractivity contribution in [2.24, 2.45) is 0 Å². The van der Waals surface area contributed by atoms with E-state index in [1.807, 2.05) is 81.8 Å². The van der Waals surface area contributed by atoms with Crippen LogP contribution < -0.4 is 19.4 Å². The highest BCUT2D eigenvalue weighted by molar-refractivity contribution is 5.98. The smallest absolute Gasteiger partial charge is 0.340 e. The molecule has 10 rings (SSSR count). The SMILES string of the molecule is CCN(c1ccc(C)cc1)c1ccc2c(c1)Oc1cc(C)c(N(C)c3ccc(C4(c5ccc(N(C)C)cc5C)OC(=O)c5ccccc54)cc3)cc1C21OC(=O)c2ccccc21. The van der Waals surface area contributed by atoms with Gasteiger partial charge in [-0.25, -0.2) is 9.59 Å². The largest absolute Gasteiger partial charge is 0.456 e. The molecule has 2 atom stereocenters. The lowest BCUT2D eigenvalue weighted by Gasteiger charge is -2.38. The zero-order valence-corrected chi connectivity index (χ0v) is 35.9. The Bertz CT molecular complexity index is 2960. The summed E-state index contributed by atoms with van der Waals surface area (Å²) >= 11 is 0. The van der Waals surface area contributed by atoms with E-state index < -0.39 is 11.2 Å². The number of rotatable bonds is 8. The Labute approximate surface area is 362 Å². The van der Waals surface area contributed by atoms with Crippen molar-refractivity contribution in [3.05, 3.63) is 207 Å². The summed E-state index contributed by atoms with van der Waals surface area (Å²) in [7, 11) is 6.06. The number of hydrogen-bond acceptors (Lipinski definition) is 8. The molecule has 3 aliphatic heterocycles. The van der Waals surface area contributed by atoms with Crippen molar-refractivity contribution in [3.63, 3.8) is 0 Å². The number of hydrogen-bond donors (Lipinski definition) is 0. The number of benzene rings is 7. The van der Waals surface area contributed by atoms with E-state index in [1.165, 1.54) is 5.56 Å². The second-order valence-electron chi connectivity index (χ2n) is 16.7. The average molecular weight is 818 g/mol. The molecule has 308 valence electrons. The van der Waals surface area contributed by atoms with E-state index in [1.54, 1.807) is 0 Å². The first-order valence-corrected chi connectivity index (χ1v) is 21.0. The van der Waals surface area contributed by atoms with Crippen LogP contribution in [0.1, 0.15) is 77.7 Å². The number of cyclic esters (lactones) is 1. The summed E-state index contributed by atoms with van der Waals surface area (Å²) in [4.78, 5) is 33.8. The minimum atomic E-state index is -1.24. The van der Waals surface area contributed by atoms with E-state index in [4.69, 9.17) is 14.2 Å². The number of esters is 2. The third-order valence-electron chi connectivity index (χ3n) is 12.9. The monoisotopic (exact) mass is 817 g/mol. The van der Waals surface area contributed by atoms with Gasteiger partial charge in [0.05, 0.1) is 11.1 Å². The summed E-state index contributed by atoms with van der Waals surface area (Å²) < 4.78 is 19.9. The summed E-state index contributed by atoms with van der Waals surface area (Å²) in [6, 6.07) is 48.6. The Morgan fingerprint density at radius 3 is 1.71 bits per heavy atom. The van der Waals surface area contributed by atoms with Crippen LogP contribution in [0.5, 0.6) is 11.5 Å². The Hall–Kier alpha value is -7.32. The van der Waals surface area contributed by atoms with Gasteiger partial charge in [0.25, 0.3) is 0 Å². The summed E-state index contributed by atoms with van der Waals surface area (Å²) in [6.45, 7) is 9.10. The number of fused-ring (bicyclic) bond motifs is 7. The minimum absolute atomic E-state index is 0.348. The van der Waals surface area contributed by atoms with Crippen LogP contribution in [0.25, 0.3) is 0 Å². The molecule has 7 aromatic carbocycles. The van der Waals surface area contributed by atoms with Crippen molar-refractivity contribution < 1.29 is 23.8 Å². The fraction of sp³-hybridized carbons (Fsp3) is 0.185. The fourth-order valence-corrected chi connectivity index (χ4v) is 9.73. The van der Waals surface area contributed by atoms with Crippen LogP contribution in [-0.4, -0.2) is 39.6 Å². The van der Waals surface area contributed by atoms with Crippen LogP contribution in [0.3, 0.4) is 0 Å². The van der Waals surface area contributed by atoms with Gasteiger partial charge in [0.2, 0.25) is 0 Å². The zero-order valence-electron chi connectivity index (χ0n) is 35.9. The molecule has 0 saturated carbocycles. The highest BCUT2D eigenvalue weighted by atomic mass is 16.6. The standard InChI is InChI=1S/C54H47N3O5/c1-8-57(38-21-17-33(2)18-22-38)40-26-28-46-50(31-40)60-49-30-35(4)48(32-47(49)54(46)45-16-12-10-14-42(45)52(59)62-54)56(7)37-23-19-36(20-24-37)53(43-27-25-39(55(5)6)29-34(43)3)44-15-11-9-13-41(44)51(58)61-53/h9-32H,8H2,1-7H3. The van der Waals surface area contributed by atoms with Gasteiger partial charge in [-0.2, -0.15) is 0 Å². The molecule has 0 saturated heterocycles. The number of anilines is 5. The molecular formula is C54H47N3O5. The highest BCUT2D eigenvalue weighted by Crippen LogP contribution is 2.58. The number of nitrogens with zero attached hydrogens (tertiary/aromatic N) is 3. The first kappa shape index (κ1) is 38.9. The van der Waals surface area contributed by atoms with Crippen LogP contribution >= 0.6 is 0 Å². The number of ether oxygens (including phenoxy) is 3. The molecule has 2 unspecified atom stereocenters. The Balaban J connectivity index is 1.07. The molecule has 0 aromatic heterocycles. The summed E-state index contributed by atoms with van der Waals surface area (Å²) in [5.74, 6) is 0.538. The van der Waals surface area contributed by atoms with E-state index in [2.05, 4.69) is 127 Å². The van der Waals surface area contributed by atoms with Gasteiger partial charge in [-0.05, 0) is 112 Å². The quantitative estimate of drug-likeness (QED) is 0.140. The highest BCUT2D eigenvalue weighted by Gasteiger charge is 2.54. The van der Waals surface area contributed by atoms with Crippen molar-refractivity contribution >= 4 is 40.4 Å². The predicted molar refractivity (Wildman–Crippen MR) is 245 cm³/mol. The molecule has 8 heteroatoms. The van der Waals surface area contributed by atoms with Gasteiger partial charge in [0, 0.05) is 95.6 Å². The first-order chi connectivity index (χ1) is 29.9. The van der Waals surface area contributed by atoms with E-state index >= 15 is 0 Å². The first-order valence-electron chi connectivity index (χ1n) is 21.0. The van der Waals surface area contributed by atoms with E-state index in [-0.39, 0.29) is 11.9 Å². The minimum Gasteiger partial charge on any atom is -0.456 e.